The molecule has 0 fully saturated rings. The summed E-state index contributed by atoms with van der Waals surface area (Å²) in [6.45, 7) is 2.29. The molecule has 242 valence electrons. The van der Waals surface area contributed by atoms with Crippen molar-refractivity contribution in [3.8, 4) is 11.1 Å². The van der Waals surface area contributed by atoms with Gasteiger partial charge in [0.1, 0.15) is 11.2 Å². The van der Waals surface area contributed by atoms with E-state index in [1.54, 1.807) is 0 Å². The van der Waals surface area contributed by atoms with Crippen molar-refractivity contribution in [1.29, 1.82) is 0 Å². The fourth-order valence-corrected chi connectivity index (χ4v) is 8.50. The predicted molar refractivity (Wildman–Crippen MR) is 216 cm³/mol. The molecule has 0 amide bonds. The third-order valence-corrected chi connectivity index (χ3v) is 10.9. The average molecular weight is 654 g/mol. The molecule has 2 unspecified atom stereocenters. The van der Waals surface area contributed by atoms with Crippen LogP contribution in [0.5, 0.6) is 0 Å². The fourth-order valence-electron chi connectivity index (χ4n) is 8.50. The van der Waals surface area contributed by atoms with Crippen molar-refractivity contribution in [2.75, 3.05) is 0 Å². The van der Waals surface area contributed by atoms with Crippen LogP contribution in [0.15, 0.2) is 179 Å². The van der Waals surface area contributed by atoms with Crippen LogP contribution in [-0.2, 0) is 0 Å². The van der Waals surface area contributed by atoms with Gasteiger partial charge < -0.3 is 4.42 Å². The zero-order valence-corrected chi connectivity index (χ0v) is 28.4. The van der Waals surface area contributed by atoms with Gasteiger partial charge in [-0.3, -0.25) is 4.99 Å². The number of rotatable bonds is 5. The molecule has 0 spiro atoms. The zero-order valence-electron chi connectivity index (χ0n) is 28.4. The Labute approximate surface area is 297 Å². The Morgan fingerprint density at radius 2 is 1.12 bits per heavy atom. The highest BCUT2D eigenvalue weighted by atomic mass is 16.3. The monoisotopic (exact) mass is 653 g/mol. The standard InChI is InChI=1S/C49H35NO/c1-2-35-43(31-14-5-3-6-15-31)30-45(50-49(35)32-16-7-4-8-17-32)34-25-26-39-37-18-9-10-19-38(37)42-22-13-21-36(48(42)44(39)28-34)33-24-27-41-40-20-11-12-23-46(40)51-47(41)29-33/h3-30,35,43H,2H2,1H3. The van der Waals surface area contributed by atoms with E-state index in [9.17, 15) is 0 Å². The van der Waals surface area contributed by atoms with Gasteiger partial charge in [-0.25, -0.2) is 0 Å². The van der Waals surface area contributed by atoms with Crippen LogP contribution >= 0.6 is 0 Å². The molecule has 0 saturated heterocycles. The van der Waals surface area contributed by atoms with Gasteiger partial charge in [-0.1, -0.05) is 146 Å². The van der Waals surface area contributed by atoms with E-state index in [2.05, 4.69) is 165 Å². The topological polar surface area (TPSA) is 25.5 Å². The maximum atomic E-state index is 6.37. The summed E-state index contributed by atoms with van der Waals surface area (Å²) in [6.07, 6.45) is 3.42. The highest BCUT2D eigenvalue weighted by Gasteiger charge is 2.30. The van der Waals surface area contributed by atoms with Crippen LogP contribution in [0.25, 0.3) is 71.1 Å². The van der Waals surface area contributed by atoms with Gasteiger partial charge >= 0.3 is 0 Å². The highest BCUT2D eigenvalue weighted by Crippen LogP contribution is 2.44. The SMILES string of the molecule is CCC1C(c2ccccc2)=NC(c2ccc3c4ccccc4c4cccc(-c5ccc6c(c5)oc5ccccc56)c4c3c2)=CC1c1ccccc1. The van der Waals surface area contributed by atoms with Gasteiger partial charge in [0.15, 0.2) is 0 Å². The molecule has 10 rings (SSSR count). The van der Waals surface area contributed by atoms with Gasteiger partial charge in [-0.05, 0) is 91.3 Å². The van der Waals surface area contributed by atoms with E-state index in [4.69, 9.17) is 9.41 Å². The van der Waals surface area contributed by atoms with E-state index in [1.807, 2.05) is 12.1 Å². The first kappa shape index (κ1) is 29.6. The minimum atomic E-state index is 0.217. The lowest BCUT2D eigenvalue weighted by molar-refractivity contribution is 0.593. The Hall–Kier alpha value is -6.25. The van der Waals surface area contributed by atoms with E-state index >= 15 is 0 Å². The quantitative estimate of drug-likeness (QED) is 0.170. The predicted octanol–water partition coefficient (Wildman–Crippen LogP) is 13.4. The fraction of sp³-hybridized carbons (Fsp3) is 0.0816. The lowest BCUT2D eigenvalue weighted by Gasteiger charge is -2.31. The Morgan fingerprint density at radius 3 is 1.92 bits per heavy atom. The summed E-state index contributed by atoms with van der Waals surface area (Å²) in [5, 5.41) is 9.78. The van der Waals surface area contributed by atoms with Crippen molar-refractivity contribution in [2.24, 2.45) is 10.9 Å². The van der Waals surface area contributed by atoms with Crippen molar-refractivity contribution >= 4 is 65.7 Å². The van der Waals surface area contributed by atoms with E-state index < -0.39 is 0 Å². The summed E-state index contributed by atoms with van der Waals surface area (Å²) in [5.74, 6) is 0.498. The Bertz CT molecular complexity index is 2840. The molecule has 9 aromatic rings. The summed E-state index contributed by atoms with van der Waals surface area (Å²) < 4.78 is 6.37. The van der Waals surface area contributed by atoms with Crippen LogP contribution in [-0.4, -0.2) is 5.71 Å². The van der Waals surface area contributed by atoms with Crippen LogP contribution in [0.3, 0.4) is 0 Å². The normalized spacial score (nSPS) is 16.3. The third kappa shape index (κ3) is 4.82. The minimum Gasteiger partial charge on any atom is -0.456 e. The number of fused-ring (bicyclic) bond motifs is 9. The van der Waals surface area contributed by atoms with Crippen molar-refractivity contribution in [3.63, 3.8) is 0 Å². The molecule has 2 heteroatoms. The van der Waals surface area contributed by atoms with Crippen LogP contribution in [0.4, 0.5) is 0 Å². The second-order valence-corrected chi connectivity index (χ2v) is 13.7. The molecule has 2 atom stereocenters. The molecule has 2 nitrogen and oxygen atoms in total. The first-order valence-electron chi connectivity index (χ1n) is 17.9. The molecule has 1 aromatic heterocycles. The Kier molecular flexibility index (Phi) is 6.95. The molecule has 0 radical (unpaired) electrons. The minimum absolute atomic E-state index is 0.217. The molecular weight excluding hydrogens is 619 g/mol. The molecule has 0 N–H and O–H groups in total. The number of aliphatic imine (C=N–C) groups is 1. The number of furan rings is 1. The smallest absolute Gasteiger partial charge is 0.136 e. The van der Waals surface area contributed by atoms with Gasteiger partial charge in [0.25, 0.3) is 0 Å². The van der Waals surface area contributed by atoms with Gasteiger partial charge in [-0.15, -0.1) is 0 Å². The summed E-state index contributed by atoms with van der Waals surface area (Å²) in [6, 6.07) is 59.2. The molecule has 0 aliphatic carbocycles. The van der Waals surface area contributed by atoms with Gasteiger partial charge in [-0.2, -0.15) is 0 Å². The van der Waals surface area contributed by atoms with Crippen LogP contribution < -0.4 is 0 Å². The molecule has 2 heterocycles. The summed E-state index contributed by atoms with van der Waals surface area (Å²) in [4.78, 5) is 5.50. The van der Waals surface area contributed by atoms with Crippen molar-refractivity contribution in [3.05, 3.63) is 187 Å². The van der Waals surface area contributed by atoms with Crippen LogP contribution in [0.1, 0.15) is 36.0 Å². The second kappa shape index (κ2) is 12.0. The maximum absolute atomic E-state index is 6.37. The van der Waals surface area contributed by atoms with Gasteiger partial charge in [0.05, 0.1) is 11.4 Å². The lowest BCUT2D eigenvalue weighted by atomic mass is 9.76. The van der Waals surface area contributed by atoms with E-state index in [1.165, 1.54) is 49.0 Å². The molecule has 51 heavy (non-hydrogen) atoms. The summed E-state index contributed by atoms with van der Waals surface area (Å²) in [5.41, 5.74) is 9.99. The number of allylic oxidation sites excluding steroid dienone is 1. The van der Waals surface area contributed by atoms with Crippen molar-refractivity contribution in [1.82, 2.24) is 0 Å². The number of nitrogens with zero attached hydrogens (tertiary/aromatic N) is 1. The van der Waals surface area contributed by atoms with E-state index in [0.29, 0.717) is 0 Å². The van der Waals surface area contributed by atoms with Crippen LogP contribution in [0, 0.1) is 5.92 Å². The first-order valence-corrected chi connectivity index (χ1v) is 17.9. The molecule has 8 aromatic carbocycles. The largest absolute Gasteiger partial charge is 0.456 e. The first-order chi connectivity index (χ1) is 25.2. The zero-order chi connectivity index (χ0) is 33.9. The molecular formula is C49H35NO. The molecule has 1 aliphatic heterocycles. The number of hydrogen-bond donors (Lipinski definition) is 0. The summed E-state index contributed by atoms with van der Waals surface area (Å²) >= 11 is 0. The Morgan fingerprint density at radius 1 is 0.490 bits per heavy atom. The van der Waals surface area contributed by atoms with Gasteiger partial charge in [0, 0.05) is 28.2 Å². The number of hydrogen-bond acceptors (Lipinski definition) is 2. The average Bonchev–Trinajstić information content (AvgIpc) is 3.58. The second-order valence-electron chi connectivity index (χ2n) is 13.7. The summed E-state index contributed by atoms with van der Waals surface area (Å²) in [7, 11) is 0. The van der Waals surface area contributed by atoms with Crippen molar-refractivity contribution < 1.29 is 4.42 Å². The Balaban J connectivity index is 1.23. The third-order valence-electron chi connectivity index (χ3n) is 10.9. The number of benzene rings is 8. The molecule has 0 bridgehead atoms. The van der Waals surface area contributed by atoms with Crippen LogP contribution in [0.2, 0.25) is 0 Å². The maximum Gasteiger partial charge on any atom is 0.136 e. The lowest BCUT2D eigenvalue weighted by Crippen LogP contribution is -2.25. The number of para-hydroxylation sites is 1. The van der Waals surface area contributed by atoms with E-state index in [-0.39, 0.29) is 11.8 Å². The van der Waals surface area contributed by atoms with E-state index in [0.717, 1.165) is 50.9 Å². The highest BCUT2D eigenvalue weighted by molar-refractivity contribution is 6.29. The molecule has 0 saturated carbocycles. The van der Waals surface area contributed by atoms with Gasteiger partial charge in [0.2, 0.25) is 0 Å². The molecule has 1 aliphatic rings. The van der Waals surface area contributed by atoms with Crippen molar-refractivity contribution in [2.45, 2.75) is 19.3 Å².